The van der Waals surface area contributed by atoms with Crippen molar-refractivity contribution < 1.29 is 13.2 Å². The summed E-state index contributed by atoms with van der Waals surface area (Å²) in [5, 5.41) is 3.20. The Bertz CT molecular complexity index is 332. The highest BCUT2D eigenvalue weighted by Crippen LogP contribution is 2.17. The van der Waals surface area contributed by atoms with Crippen LogP contribution in [0.25, 0.3) is 0 Å². The average molecular weight is 278 g/mol. The normalized spacial score (nSPS) is 26.4. The molecule has 1 saturated heterocycles. The molecule has 2 unspecified atom stereocenters. The van der Waals surface area contributed by atoms with E-state index in [0.29, 0.717) is 19.6 Å². The summed E-state index contributed by atoms with van der Waals surface area (Å²) < 4.78 is 31.5. The number of morpholine rings is 1. The quantitative estimate of drug-likeness (QED) is 0.700. The van der Waals surface area contributed by atoms with Crippen LogP contribution in [-0.2, 0) is 14.8 Å². The summed E-state index contributed by atoms with van der Waals surface area (Å²) >= 11 is 0. The first-order valence-electron chi connectivity index (χ1n) is 6.79. The van der Waals surface area contributed by atoms with Crippen molar-refractivity contribution in [3.8, 4) is 0 Å². The lowest BCUT2D eigenvalue weighted by Gasteiger charge is -2.35. The van der Waals surface area contributed by atoms with Crippen LogP contribution in [0.4, 0.5) is 0 Å². The van der Waals surface area contributed by atoms with Gasteiger partial charge in [0.15, 0.2) is 0 Å². The van der Waals surface area contributed by atoms with Gasteiger partial charge in [0.2, 0.25) is 10.0 Å². The predicted octanol–water partition coefficient (Wildman–Crippen LogP) is 0.815. The molecule has 0 amide bonds. The monoisotopic (exact) mass is 278 g/mol. The van der Waals surface area contributed by atoms with E-state index >= 15 is 0 Å². The number of nitrogens with one attached hydrogen (secondary N) is 1. The van der Waals surface area contributed by atoms with Crippen LogP contribution in [-0.4, -0.2) is 56.9 Å². The molecule has 6 heteroatoms. The predicted molar refractivity (Wildman–Crippen MR) is 73.1 cm³/mol. The van der Waals surface area contributed by atoms with E-state index in [-0.39, 0.29) is 17.9 Å². The summed E-state index contributed by atoms with van der Waals surface area (Å²) in [5.74, 6) is 0.245. The number of unbranched alkanes of at least 4 members (excludes halogenated alkanes) is 1. The molecule has 0 spiro atoms. The number of ether oxygens (including phenoxy) is 1. The molecule has 1 aliphatic heterocycles. The number of sulfonamides is 1. The van der Waals surface area contributed by atoms with Crippen LogP contribution >= 0.6 is 0 Å². The third kappa shape index (κ3) is 4.84. The van der Waals surface area contributed by atoms with Gasteiger partial charge in [0, 0.05) is 12.6 Å². The molecule has 0 aromatic heterocycles. The minimum absolute atomic E-state index is 0.00210. The van der Waals surface area contributed by atoms with Crippen molar-refractivity contribution in [2.75, 3.05) is 32.0 Å². The first-order chi connectivity index (χ1) is 8.47. The van der Waals surface area contributed by atoms with E-state index in [4.69, 9.17) is 4.74 Å². The highest BCUT2D eigenvalue weighted by Gasteiger charge is 2.32. The van der Waals surface area contributed by atoms with E-state index in [1.165, 1.54) is 0 Å². The number of rotatable bonds is 7. The number of hydrogen-bond donors (Lipinski definition) is 1. The van der Waals surface area contributed by atoms with Crippen LogP contribution < -0.4 is 5.32 Å². The van der Waals surface area contributed by atoms with Crippen molar-refractivity contribution >= 4 is 10.0 Å². The van der Waals surface area contributed by atoms with E-state index in [9.17, 15) is 8.42 Å². The lowest BCUT2D eigenvalue weighted by molar-refractivity contribution is -0.0170. The Morgan fingerprint density at radius 1 is 1.33 bits per heavy atom. The molecule has 0 aromatic rings. The Hall–Kier alpha value is -0.170. The van der Waals surface area contributed by atoms with E-state index in [0.717, 1.165) is 19.5 Å². The minimum atomic E-state index is -3.13. The van der Waals surface area contributed by atoms with E-state index in [2.05, 4.69) is 5.32 Å². The van der Waals surface area contributed by atoms with Crippen molar-refractivity contribution in [2.24, 2.45) is 0 Å². The third-order valence-corrected chi connectivity index (χ3v) is 5.19. The van der Waals surface area contributed by atoms with Crippen molar-refractivity contribution in [1.82, 2.24) is 9.62 Å². The molecule has 0 bridgehead atoms. The summed E-state index contributed by atoms with van der Waals surface area (Å²) in [6, 6.07) is -0.0417. The van der Waals surface area contributed by atoms with E-state index in [1.807, 2.05) is 20.8 Å². The molecule has 0 aromatic carbocycles. The lowest BCUT2D eigenvalue weighted by Crippen LogP contribution is -2.50. The third-order valence-electron chi connectivity index (χ3n) is 3.16. The smallest absolute Gasteiger partial charge is 0.214 e. The minimum Gasteiger partial charge on any atom is -0.375 e. The van der Waals surface area contributed by atoms with E-state index in [1.54, 1.807) is 4.31 Å². The van der Waals surface area contributed by atoms with Gasteiger partial charge < -0.3 is 10.1 Å². The van der Waals surface area contributed by atoms with Gasteiger partial charge in [0.05, 0.1) is 18.5 Å². The first kappa shape index (κ1) is 15.9. The van der Waals surface area contributed by atoms with Gasteiger partial charge >= 0.3 is 0 Å². The van der Waals surface area contributed by atoms with Crippen molar-refractivity contribution in [3.05, 3.63) is 0 Å². The fraction of sp³-hybridized carbons (Fsp3) is 1.00. The summed E-state index contributed by atoms with van der Waals surface area (Å²) in [4.78, 5) is 0. The van der Waals surface area contributed by atoms with Gasteiger partial charge in [-0.3, -0.25) is 0 Å². The molecule has 0 aliphatic carbocycles. The average Bonchev–Trinajstić information content (AvgIpc) is 2.32. The molecule has 0 radical (unpaired) electrons. The van der Waals surface area contributed by atoms with Gasteiger partial charge in [-0.05, 0) is 39.8 Å². The highest BCUT2D eigenvalue weighted by molar-refractivity contribution is 7.89. The second kappa shape index (κ2) is 7.43. The Morgan fingerprint density at radius 2 is 2.06 bits per heavy atom. The van der Waals surface area contributed by atoms with Gasteiger partial charge in [-0.25, -0.2) is 8.42 Å². The summed E-state index contributed by atoms with van der Waals surface area (Å²) in [7, 11) is -3.13. The van der Waals surface area contributed by atoms with Crippen LogP contribution in [0.2, 0.25) is 0 Å². The Labute approximate surface area is 111 Å². The Kier molecular flexibility index (Phi) is 6.55. The van der Waals surface area contributed by atoms with Crippen LogP contribution in [0.15, 0.2) is 0 Å². The molecule has 1 aliphatic rings. The van der Waals surface area contributed by atoms with Gasteiger partial charge in [-0.2, -0.15) is 4.31 Å². The summed E-state index contributed by atoms with van der Waals surface area (Å²) in [6.45, 7) is 8.68. The van der Waals surface area contributed by atoms with Gasteiger partial charge in [-0.15, -0.1) is 0 Å². The molecule has 1 rings (SSSR count). The molecule has 1 fully saturated rings. The second-order valence-electron chi connectivity index (χ2n) is 4.94. The topological polar surface area (TPSA) is 58.6 Å². The van der Waals surface area contributed by atoms with Gasteiger partial charge in [-0.1, -0.05) is 6.92 Å². The zero-order valence-corrected chi connectivity index (χ0v) is 12.5. The molecule has 2 atom stereocenters. The largest absolute Gasteiger partial charge is 0.375 e. The maximum atomic E-state index is 12.2. The van der Waals surface area contributed by atoms with Crippen molar-refractivity contribution in [3.63, 3.8) is 0 Å². The molecule has 0 saturated carbocycles. The molecule has 108 valence electrons. The molecule has 18 heavy (non-hydrogen) atoms. The molecule has 1 heterocycles. The maximum absolute atomic E-state index is 12.2. The fourth-order valence-corrected chi connectivity index (χ4v) is 3.94. The fourth-order valence-electron chi connectivity index (χ4n) is 2.09. The summed E-state index contributed by atoms with van der Waals surface area (Å²) in [6.07, 6.45) is 1.62. The van der Waals surface area contributed by atoms with Crippen LogP contribution in [0, 0.1) is 0 Å². The molecular weight excluding hydrogens is 252 g/mol. The second-order valence-corrected chi connectivity index (χ2v) is 6.98. The Morgan fingerprint density at radius 3 is 2.72 bits per heavy atom. The SMILES string of the molecule is CCNCCCCS(=O)(=O)N1CC(C)OCC1C. The van der Waals surface area contributed by atoms with Gasteiger partial charge in [0.1, 0.15) is 0 Å². The van der Waals surface area contributed by atoms with Crippen LogP contribution in [0.3, 0.4) is 0 Å². The van der Waals surface area contributed by atoms with Gasteiger partial charge in [0.25, 0.3) is 0 Å². The summed E-state index contributed by atoms with van der Waals surface area (Å²) in [5.41, 5.74) is 0. The van der Waals surface area contributed by atoms with Crippen LogP contribution in [0.5, 0.6) is 0 Å². The lowest BCUT2D eigenvalue weighted by atomic mass is 10.2. The Balaban J connectivity index is 2.41. The molecular formula is C12H26N2O3S. The standard InChI is InChI=1S/C12H26N2O3S/c1-4-13-7-5-6-8-18(15,16)14-9-12(3)17-10-11(14)2/h11-13H,4-10H2,1-3H3. The highest BCUT2D eigenvalue weighted by atomic mass is 32.2. The van der Waals surface area contributed by atoms with Crippen molar-refractivity contribution in [2.45, 2.75) is 45.8 Å². The first-order valence-corrected chi connectivity index (χ1v) is 8.40. The zero-order valence-electron chi connectivity index (χ0n) is 11.7. The molecule has 1 N–H and O–H groups in total. The van der Waals surface area contributed by atoms with Crippen molar-refractivity contribution in [1.29, 1.82) is 0 Å². The van der Waals surface area contributed by atoms with Crippen LogP contribution in [0.1, 0.15) is 33.6 Å². The molecule has 5 nitrogen and oxygen atoms in total. The number of hydrogen-bond acceptors (Lipinski definition) is 4. The van der Waals surface area contributed by atoms with E-state index < -0.39 is 10.0 Å². The number of nitrogens with zero attached hydrogens (tertiary/aromatic N) is 1. The maximum Gasteiger partial charge on any atom is 0.214 e. The zero-order chi connectivity index (χ0) is 13.6.